The van der Waals surface area contributed by atoms with Crippen molar-refractivity contribution >= 4 is 35.8 Å². The Hall–Kier alpha value is -1.85. The second kappa shape index (κ2) is 7.05. The van der Waals surface area contributed by atoms with E-state index in [2.05, 4.69) is 17.4 Å². The number of hydrogen-bond acceptors (Lipinski definition) is 4. The Morgan fingerprint density at radius 1 is 1.23 bits per heavy atom. The smallest absolute Gasteiger partial charge is 0.228 e. The van der Waals surface area contributed by atoms with Crippen molar-refractivity contribution in [2.75, 3.05) is 11.5 Å². The van der Waals surface area contributed by atoms with Crippen LogP contribution in [0.2, 0.25) is 0 Å². The number of nitrogens with one attached hydrogen (secondary N) is 1. The number of fused-ring (bicyclic) bond motifs is 2. The minimum atomic E-state index is -0.330. The zero-order valence-corrected chi connectivity index (χ0v) is 16.5. The summed E-state index contributed by atoms with van der Waals surface area (Å²) in [6.45, 7) is 4.10. The summed E-state index contributed by atoms with van der Waals surface area (Å²) in [6, 6.07) is 13.7. The predicted molar refractivity (Wildman–Crippen MR) is 108 cm³/mol. The molecule has 0 fully saturated rings. The number of carbonyl (C=O) groups is 1. The summed E-state index contributed by atoms with van der Waals surface area (Å²) >= 11 is 1.75. The van der Waals surface area contributed by atoms with Crippen molar-refractivity contribution in [3.8, 4) is 5.75 Å². The van der Waals surface area contributed by atoms with Crippen LogP contribution in [-0.4, -0.2) is 17.3 Å². The molecular formula is C20H23ClN2O2S. The normalized spacial score (nSPS) is 22.4. The van der Waals surface area contributed by atoms with Crippen LogP contribution < -0.4 is 15.8 Å². The van der Waals surface area contributed by atoms with Gasteiger partial charge in [0.25, 0.3) is 0 Å². The molecule has 6 heteroatoms. The fourth-order valence-electron chi connectivity index (χ4n) is 3.65. The van der Waals surface area contributed by atoms with E-state index in [1.54, 1.807) is 11.8 Å². The van der Waals surface area contributed by atoms with Crippen LogP contribution in [0.5, 0.6) is 5.75 Å². The summed E-state index contributed by atoms with van der Waals surface area (Å²) in [7, 11) is 0. The molecule has 2 aromatic rings. The largest absolute Gasteiger partial charge is 0.487 e. The van der Waals surface area contributed by atoms with Crippen molar-refractivity contribution in [2.45, 2.75) is 42.7 Å². The van der Waals surface area contributed by atoms with Gasteiger partial charge in [0.05, 0.1) is 12.0 Å². The van der Waals surface area contributed by atoms with Crippen LogP contribution in [0.15, 0.2) is 47.4 Å². The second-order valence-electron chi connectivity index (χ2n) is 7.33. The SMILES string of the molecule is CC1(C)CC(NC(=O)C2CSc3ccccc32)c2cc(N)ccc2O1.Cl. The number of rotatable bonds is 2. The molecule has 3 N–H and O–H groups in total. The van der Waals surface area contributed by atoms with Crippen LogP contribution in [0.1, 0.15) is 43.4 Å². The van der Waals surface area contributed by atoms with Crippen molar-refractivity contribution in [3.05, 3.63) is 53.6 Å². The van der Waals surface area contributed by atoms with Crippen LogP contribution in [0.25, 0.3) is 0 Å². The summed E-state index contributed by atoms with van der Waals surface area (Å²) in [4.78, 5) is 14.2. The van der Waals surface area contributed by atoms with E-state index in [-0.39, 0.29) is 35.9 Å². The Bertz CT molecular complexity index is 840. The maximum atomic E-state index is 13.0. The summed E-state index contributed by atoms with van der Waals surface area (Å²) in [5.41, 5.74) is 8.40. The number of thioether (sulfide) groups is 1. The molecule has 2 unspecified atom stereocenters. The topological polar surface area (TPSA) is 64.4 Å². The predicted octanol–water partition coefficient (Wildman–Crippen LogP) is 4.30. The molecule has 0 saturated heterocycles. The summed E-state index contributed by atoms with van der Waals surface area (Å²) < 4.78 is 6.06. The molecule has 2 atom stereocenters. The molecule has 4 nitrogen and oxygen atoms in total. The van der Waals surface area contributed by atoms with E-state index in [1.807, 2.05) is 44.2 Å². The lowest BCUT2D eigenvalue weighted by Crippen LogP contribution is -2.42. The van der Waals surface area contributed by atoms with E-state index in [0.717, 1.165) is 29.1 Å². The average molecular weight is 391 g/mol. The Kier molecular flexibility index (Phi) is 5.13. The Balaban J connectivity index is 0.00000196. The minimum absolute atomic E-state index is 0. The number of carbonyl (C=O) groups excluding carboxylic acids is 1. The first-order valence-electron chi connectivity index (χ1n) is 8.53. The number of nitrogens with two attached hydrogens (primary N) is 1. The molecule has 2 aliphatic rings. The zero-order chi connectivity index (χ0) is 17.6. The molecular weight excluding hydrogens is 368 g/mol. The van der Waals surface area contributed by atoms with Crippen LogP contribution in [0.4, 0.5) is 5.69 Å². The standard InChI is InChI=1S/C20H22N2O2S.ClH/c1-20(2)10-16(14-9-12(21)7-8-17(14)24-20)22-19(23)15-11-25-18-6-4-3-5-13(15)18;/h3-9,15-16H,10-11,21H2,1-2H3,(H,22,23);1H. The van der Waals surface area contributed by atoms with Gasteiger partial charge in [-0.1, -0.05) is 18.2 Å². The number of halogens is 1. The highest BCUT2D eigenvalue weighted by Crippen LogP contribution is 2.42. The summed E-state index contributed by atoms with van der Waals surface area (Å²) in [6.07, 6.45) is 0.719. The molecule has 0 aromatic heterocycles. The van der Waals surface area contributed by atoms with Crippen molar-refractivity contribution < 1.29 is 9.53 Å². The molecule has 26 heavy (non-hydrogen) atoms. The van der Waals surface area contributed by atoms with Gasteiger partial charge in [-0.05, 0) is 43.7 Å². The van der Waals surface area contributed by atoms with E-state index in [1.165, 1.54) is 4.90 Å². The Morgan fingerprint density at radius 2 is 2.00 bits per heavy atom. The Morgan fingerprint density at radius 3 is 2.81 bits per heavy atom. The Labute approximate surface area is 164 Å². The van der Waals surface area contributed by atoms with Gasteiger partial charge in [0.15, 0.2) is 0 Å². The molecule has 0 radical (unpaired) electrons. The maximum absolute atomic E-state index is 13.0. The minimum Gasteiger partial charge on any atom is -0.487 e. The molecule has 2 aromatic carbocycles. The highest BCUT2D eigenvalue weighted by Gasteiger charge is 2.37. The lowest BCUT2D eigenvalue weighted by Gasteiger charge is -2.38. The lowest BCUT2D eigenvalue weighted by atomic mass is 9.88. The average Bonchev–Trinajstić information content (AvgIpc) is 2.99. The van der Waals surface area contributed by atoms with Gasteiger partial charge >= 0.3 is 0 Å². The number of nitrogen functional groups attached to an aromatic ring is 1. The van der Waals surface area contributed by atoms with Crippen LogP contribution >= 0.6 is 24.2 Å². The van der Waals surface area contributed by atoms with Gasteiger partial charge in [-0.25, -0.2) is 0 Å². The lowest BCUT2D eigenvalue weighted by molar-refractivity contribution is -0.123. The molecule has 0 aliphatic carbocycles. The van der Waals surface area contributed by atoms with E-state index in [0.29, 0.717) is 5.69 Å². The third kappa shape index (κ3) is 3.51. The van der Waals surface area contributed by atoms with Crippen LogP contribution in [0, 0.1) is 0 Å². The van der Waals surface area contributed by atoms with Gasteiger partial charge in [-0.15, -0.1) is 24.2 Å². The molecule has 1 amide bonds. The van der Waals surface area contributed by atoms with E-state index in [4.69, 9.17) is 10.5 Å². The van der Waals surface area contributed by atoms with E-state index in [9.17, 15) is 4.79 Å². The number of hydrogen-bond donors (Lipinski definition) is 2. The monoisotopic (exact) mass is 390 g/mol. The first-order chi connectivity index (χ1) is 11.9. The molecule has 2 aliphatic heterocycles. The second-order valence-corrected chi connectivity index (χ2v) is 8.39. The van der Waals surface area contributed by atoms with Crippen molar-refractivity contribution in [2.24, 2.45) is 0 Å². The number of amides is 1. The summed E-state index contributed by atoms with van der Waals surface area (Å²) in [5.74, 6) is 1.57. The van der Waals surface area contributed by atoms with E-state index >= 15 is 0 Å². The molecule has 0 saturated carbocycles. The van der Waals surface area contributed by atoms with Gasteiger partial charge < -0.3 is 15.8 Å². The summed E-state index contributed by atoms with van der Waals surface area (Å²) in [5, 5.41) is 3.25. The van der Waals surface area contributed by atoms with Gasteiger partial charge in [-0.2, -0.15) is 0 Å². The van der Waals surface area contributed by atoms with Gasteiger partial charge in [-0.3, -0.25) is 4.79 Å². The first-order valence-corrected chi connectivity index (χ1v) is 9.52. The first kappa shape index (κ1) is 18.9. The molecule has 138 valence electrons. The molecule has 0 spiro atoms. The molecule has 2 heterocycles. The molecule has 0 bridgehead atoms. The van der Waals surface area contributed by atoms with Crippen molar-refractivity contribution in [3.63, 3.8) is 0 Å². The van der Waals surface area contributed by atoms with Crippen molar-refractivity contribution in [1.29, 1.82) is 0 Å². The van der Waals surface area contributed by atoms with Gasteiger partial charge in [0.1, 0.15) is 11.4 Å². The van der Waals surface area contributed by atoms with Crippen LogP contribution in [-0.2, 0) is 4.79 Å². The highest BCUT2D eigenvalue weighted by atomic mass is 35.5. The number of benzene rings is 2. The zero-order valence-electron chi connectivity index (χ0n) is 14.8. The molecule has 4 rings (SSSR count). The third-order valence-corrected chi connectivity index (χ3v) is 6.01. The van der Waals surface area contributed by atoms with E-state index < -0.39 is 0 Å². The van der Waals surface area contributed by atoms with Gasteiger partial charge in [0.2, 0.25) is 5.91 Å². The number of ether oxygens (including phenoxy) is 1. The highest BCUT2D eigenvalue weighted by molar-refractivity contribution is 7.99. The fraction of sp³-hybridized carbons (Fsp3) is 0.350. The third-order valence-electron chi connectivity index (χ3n) is 4.82. The fourth-order valence-corrected chi connectivity index (χ4v) is 4.88. The quantitative estimate of drug-likeness (QED) is 0.750. The van der Waals surface area contributed by atoms with Crippen molar-refractivity contribution in [1.82, 2.24) is 5.32 Å². The number of anilines is 1. The van der Waals surface area contributed by atoms with Gasteiger partial charge in [0, 0.05) is 28.3 Å². The maximum Gasteiger partial charge on any atom is 0.228 e. The van der Waals surface area contributed by atoms with Crippen LogP contribution in [0.3, 0.4) is 0 Å².